The maximum atomic E-state index is 13.0. The van der Waals surface area contributed by atoms with E-state index in [0.29, 0.717) is 30.0 Å². The molecular weight excluding hydrogens is 444 g/mol. The van der Waals surface area contributed by atoms with Crippen LogP contribution in [0.4, 0.5) is 0 Å². The van der Waals surface area contributed by atoms with Crippen molar-refractivity contribution in [2.75, 3.05) is 20.8 Å². The second kappa shape index (κ2) is 11.0. The van der Waals surface area contributed by atoms with E-state index in [1.807, 2.05) is 24.3 Å². The first-order chi connectivity index (χ1) is 17.1. The van der Waals surface area contributed by atoms with Gasteiger partial charge in [0.1, 0.15) is 23.0 Å². The quantitative estimate of drug-likeness (QED) is 0.324. The summed E-state index contributed by atoms with van der Waals surface area (Å²) in [5, 5.41) is 5.60. The highest BCUT2D eigenvalue weighted by Gasteiger charge is 2.15. The van der Waals surface area contributed by atoms with E-state index in [2.05, 4.69) is 20.6 Å². The predicted octanol–water partition coefficient (Wildman–Crippen LogP) is 3.71. The Hall–Kier alpha value is -4.59. The molecule has 0 fully saturated rings. The molecule has 178 valence electrons. The van der Waals surface area contributed by atoms with Gasteiger partial charge >= 0.3 is 0 Å². The molecule has 0 unspecified atom stereocenters. The van der Waals surface area contributed by atoms with Gasteiger partial charge in [0.25, 0.3) is 11.8 Å². The predicted molar refractivity (Wildman–Crippen MR) is 134 cm³/mol. The fourth-order valence-electron chi connectivity index (χ4n) is 3.48. The lowest BCUT2D eigenvalue weighted by Gasteiger charge is -2.11. The Morgan fingerprint density at radius 3 is 2.23 bits per heavy atom. The normalized spacial score (nSPS) is 11.2. The number of carbonyl (C=O) groups is 2. The summed E-state index contributed by atoms with van der Waals surface area (Å²) in [6.45, 7) is 0.344. The number of hydrogen-bond donors (Lipinski definition) is 3. The number of nitrogens with zero attached hydrogens (tertiary/aromatic N) is 1. The van der Waals surface area contributed by atoms with Gasteiger partial charge in [-0.2, -0.15) is 0 Å². The Balaban J connectivity index is 1.48. The van der Waals surface area contributed by atoms with Crippen LogP contribution in [-0.2, 0) is 11.2 Å². The Bertz CT molecular complexity index is 1310. The number of hydrogen-bond acceptors (Lipinski definition) is 5. The first-order valence-electron chi connectivity index (χ1n) is 11.1. The molecule has 0 saturated heterocycles. The van der Waals surface area contributed by atoms with Gasteiger partial charge in [0, 0.05) is 18.5 Å². The van der Waals surface area contributed by atoms with E-state index >= 15 is 0 Å². The van der Waals surface area contributed by atoms with Crippen LogP contribution in [0.2, 0.25) is 0 Å². The number of H-pyrrole nitrogens is 1. The van der Waals surface area contributed by atoms with Crippen molar-refractivity contribution in [3.8, 4) is 11.5 Å². The van der Waals surface area contributed by atoms with Crippen molar-refractivity contribution in [2.24, 2.45) is 0 Å². The molecule has 0 aliphatic heterocycles. The van der Waals surface area contributed by atoms with Gasteiger partial charge in [-0.05, 0) is 60.2 Å². The van der Waals surface area contributed by atoms with Crippen molar-refractivity contribution in [2.45, 2.75) is 6.42 Å². The molecule has 3 N–H and O–H groups in total. The molecule has 0 saturated carbocycles. The lowest BCUT2D eigenvalue weighted by Crippen LogP contribution is -2.35. The molecule has 1 heterocycles. The van der Waals surface area contributed by atoms with Gasteiger partial charge in [-0.15, -0.1) is 0 Å². The molecule has 0 atom stereocenters. The van der Waals surface area contributed by atoms with Crippen LogP contribution in [0.15, 0.2) is 78.5 Å². The molecule has 2 amide bonds. The minimum atomic E-state index is -0.404. The average Bonchev–Trinajstić information content (AvgIpc) is 3.31. The highest BCUT2D eigenvalue weighted by molar-refractivity contribution is 6.05. The Kier molecular flexibility index (Phi) is 7.42. The smallest absolute Gasteiger partial charge is 0.267 e. The summed E-state index contributed by atoms with van der Waals surface area (Å²) in [5.74, 6) is 1.30. The minimum absolute atomic E-state index is 0.126. The van der Waals surface area contributed by atoms with Gasteiger partial charge in [0.05, 0.1) is 25.3 Å². The zero-order valence-corrected chi connectivity index (χ0v) is 19.5. The van der Waals surface area contributed by atoms with Crippen molar-refractivity contribution in [3.63, 3.8) is 0 Å². The van der Waals surface area contributed by atoms with Gasteiger partial charge in [0.15, 0.2) is 0 Å². The van der Waals surface area contributed by atoms with Gasteiger partial charge in [-0.25, -0.2) is 4.98 Å². The largest absolute Gasteiger partial charge is 0.497 e. The number of rotatable bonds is 9. The van der Waals surface area contributed by atoms with Gasteiger partial charge < -0.3 is 25.1 Å². The highest BCUT2D eigenvalue weighted by Crippen LogP contribution is 2.15. The van der Waals surface area contributed by atoms with E-state index in [9.17, 15) is 9.59 Å². The number of para-hydroxylation sites is 2. The van der Waals surface area contributed by atoms with Crippen LogP contribution in [0.1, 0.15) is 21.7 Å². The molecule has 4 rings (SSSR count). The highest BCUT2D eigenvalue weighted by atomic mass is 16.5. The van der Waals surface area contributed by atoms with Gasteiger partial charge in [0.2, 0.25) is 0 Å². The molecule has 0 spiro atoms. The third-order valence-corrected chi connectivity index (χ3v) is 5.36. The van der Waals surface area contributed by atoms with Crippen LogP contribution < -0.4 is 20.1 Å². The molecule has 0 aliphatic carbocycles. The van der Waals surface area contributed by atoms with E-state index in [1.165, 1.54) is 0 Å². The summed E-state index contributed by atoms with van der Waals surface area (Å²) in [6, 6.07) is 21.6. The maximum absolute atomic E-state index is 13.0. The molecule has 0 bridgehead atoms. The van der Waals surface area contributed by atoms with Crippen LogP contribution in [0.5, 0.6) is 11.5 Å². The number of fused-ring (bicyclic) bond motifs is 1. The molecule has 35 heavy (non-hydrogen) atoms. The number of aromatic nitrogens is 2. The molecule has 4 aromatic rings. The van der Waals surface area contributed by atoms with Crippen molar-refractivity contribution < 1.29 is 19.1 Å². The summed E-state index contributed by atoms with van der Waals surface area (Å²) in [7, 11) is 3.14. The monoisotopic (exact) mass is 470 g/mol. The van der Waals surface area contributed by atoms with E-state index in [-0.39, 0.29) is 5.70 Å². The van der Waals surface area contributed by atoms with Gasteiger partial charge in [-0.3, -0.25) is 9.59 Å². The lowest BCUT2D eigenvalue weighted by atomic mass is 10.1. The van der Waals surface area contributed by atoms with Crippen LogP contribution >= 0.6 is 0 Å². The third-order valence-electron chi connectivity index (χ3n) is 5.36. The number of methoxy groups -OCH3 is 2. The van der Waals surface area contributed by atoms with E-state index in [0.717, 1.165) is 22.4 Å². The number of benzene rings is 3. The molecule has 1 aromatic heterocycles. The Morgan fingerprint density at radius 2 is 1.57 bits per heavy atom. The Labute approximate surface area is 203 Å². The standard InChI is InChI=1S/C27H26N4O4/c1-34-20-11-7-18(8-12-20)17-24(31-26(32)19-9-13-21(35-2)14-10-19)27(33)28-16-15-25-29-22-5-3-4-6-23(22)30-25/h3-14,17H,15-16H2,1-2H3,(H,28,33)(H,29,30)(H,31,32)/b24-17-. The molecule has 0 aliphatic rings. The minimum Gasteiger partial charge on any atom is -0.497 e. The third kappa shape index (κ3) is 6.05. The number of imidazole rings is 1. The van der Waals surface area contributed by atoms with Crippen molar-refractivity contribution in [1.29, 1.82) is 0 Å². The lowest BCUT2D eigenvalue weighted by molar-refractivity contribution is -0.117. The zero-order chi connectivity index (χ0) is 24.6. The zero-order valence-electron chi connectivity index (χ0n) is 19.5. The van der Waals surface area contributed by atoms with Crippen LogP contribution in [0, 0.1) is 0 Å². The maximum Gasteiger partial charge on any atom is 0.267 e. The average molecular weight is 471 g/mol. The number of ether oxygens (including phenoxy) is 2. The van der Waals surface area contributed by atoms with E-state index in [1.54, 1.807) is 68.8 Å². The summed E-state index contributed by atoms with van der Waals surface area (Å²) in [5.41, 5.74) is 3.09. The Morgan fingerprint density at radius 1 is 0.914 bits per heavy atom. The topological polar surface area (TPSA) is 105 Å². The fraction of sp³-hybridized carbons (Fsp3) is 0.148. The van der Waals surface area contributed by atoms with Crippen molar-refractivity contribution in [1.82, 2.24) is 20.6 Å². The first-order valence-corrected chi connectivity index (χ1v) is 11.1. The molecular formula is C27H26N4O4. The van der Waals surface area contributed by atoms with Crippen LogP contribution in [-0.4, -0.2) is 42.5 Å². The SMILES string of the molecule is COc1ccc(/C=C(\NC(=O)c2ccc(OC)cc2)C(=O)NCCc2nc3ccccc3[nH]2)cc1. The fourth-order valence-corrected chi connectivity index (χ4v) is 3.48. The number of amides is 2. The number of carbonyl (C=O) groups excluding carboxylic acids is 2. The summed E-state index contributed by atoms with van der Waals surface area (Å²) < 4.78 is 10.3. The van der Waals surface area contributed by atoms with Crippen LogP contribution in [0.3, 0.4) is 0 Å². The molecule has 3 aromatic carbocycles. The second-order valence-corrected chi connectivity index (χ2v) is 7.72. The number of aromatic amines is 1. The van der Waals surface area contributed by atoms with E-state index < -0.39 is 11.8 Å². The molecule has 8 nitrogen and oxygen atoms in total. The summed E-state index contributed by atoms with van der Waals surface area (Å²) in [6.07, 6.45) is 2.14. The van der Waals surface area contributed by atoms with Crippen LogP contribution in [0.25, 0.3) is 17.1 Å². The molecule has 8 heteroatoms. The van der Waals surface area contributed by atoms with Gasteiger partial charge in [-0.1, -0.05) is 24.3 Å². The van der Waals surface area contributed by atoms with E-state index in [4.69, 9.17) is 9.47 Å². The molecule has 0 radical (unpaired) electrons. The summed E-state index contributed by atoms with van der Waals surface area (Å²) >= 11 is 0. The number of nitrogens with one attached hydrogen (secondary N) is 3. The first kappa shape index (κ1) is 23.6. The van der Waals surface area contributed by atoms with Crippen molar-refractivity contribution in [3.05, 3.63) is 95.4 Å². The second-order valence-electron chi connectivity index (χ2n) is 7.72. The summed E-state index contributed by atoms with van der Waals surface area (Å²) in [4.78, 5) is 33.6. The van der Waals surface area contributed by atoms with Crippen molar-refractivity contribution >= 4 is 28.9 Å².